The number of hydrogen-bond acceptors (Lipinski definition) is 7. The first-order valence-corrected chi connectivity index (χ1v) is 13.9. The molecule has 40 heavy (non-hydrogen) atoms. The van der Waals surface area contributed by atoms with Gasteiger partial charge in [0.1, 0.15) is 5.82 Å². The van der Waals surface area contributed by atoms with E-state index in [4.69, 9.17) is 14.2 Å². The minimum atomic E-state index is -0.609. The van der Waals surface area contributed by atoms with Crippen LogP contribution in [0.1, 0.15) is 75.0 Å². The molecule has 2 heterocycles. The van der Waals surface area contributed by atoms with Gasteiger partial charge in [0.05, 0.1) is 30.3 Å². The van der Waals surface area contributed by atoms with Gasteiger partial charge in [0.25, 0.3) is 5.56 Å². The molecule has 1 aliphatic rings. The zero-order valence-electron chi connectivity index (χ0n) is 23.1. The van der Waals surface area contributed by atoms with Gasteiger partial charge in [-0.3, -0.25) is 23.7 Å². The fourth-order valence-corrected chi connectivity index (χ4v) is 4.91. The van der Waals surface area contributed by atoms with Gasteiger partial charge in [0.15, 0.2) is 5.82 Å². The lowest BCUT2D eigenvalue weighted by Gasteiger charge is -2.18. The molecule has 0 amide bonds. The maximum Gasteiger partial charge on any atom is 0.439 e. The minimum Gasteiger partial charge on any atom is -0.463 e. The minimum absolute atomic E-state index is 0.0657. The van der Waals surface area contributed by atoms with Crippen LogP contribution in [0.2, 0.25) is 0 Å². The van der Waals surface area contributed by atoms with Gasteiger partial charge in [-0.25, -0.2) is 9.78 Å². The summed E-state index contributed by atoms with van der Waals surface area (Å²) < 4.78 is 11.8. The van der Waals surface area contributed by atoms with Crippen LogP contribution in [0, 0.1) is 0 Å². The van der Waals surface area contributed by atoms with E-state index in [1.54, 1.807) is 18.4 Å². The lowest BCUT2D eigenvalue weighted by molar-refractivity contribution is -0.146. The van der Waals surface area contributed by atoms with Crippen LogP contribution in [0.4, 0.5) is 0 Å². The van der Waals surface area contributed by atoms with Gasteiger partial charge < -0.3 is 4.74 Å². The second-order valence-electron chi connectivity index (χ2n) is 10.6. The highest BCUT2D eigenvalue weighted by molar-refractivity contribution is 5.80. The normalized spacial score (nSPS) is 13.1. The number of aryl methyl sites for hydroxylation is 1. The molecule has 0 spiro atoms. The van der Waals surface area contributed by atoms with E-state index in [-0.39, 0.29) is 24.0 Å². The van der Waals surface area contributed by atoms with Crippen LogP contribution in [0.15, 0.2) is 62.6 Å². The van der Waals surface area contributed by atoms with E-state index in [1.807, 2.05) is 48.5 Å². The fourth-order valence-electron chi connectivity index (χ4n) is 4.91. The van der Waals surface area contributed by atoms with Crippen molar-refractivity contribution in [3.05, 3.63) is 92.1 Å². The molecule has 5 rings (SSSR count). The number of ether oxygens (including phenoxy) is 1. The first kappa shape index (κ1) is 27.3. The number of aromatic amines is 1. The molecule has 0 aliphatic heterocycles. The molecular formula is C31H34N4O5. The highest BCUT2D eigenvalue weighted by atomic mass is 16.5. The number of benzene rings is 2. The van der Waals surface area contributed by atoms with Crippen LogP contribution >= 0.6 is 0 Å². The van der Waals surface area contributed by atoms with Gasteiger partial charge in [-0.2, -0.15) is 0 Å². The monoisotopic (exact) mass is 542 g/mol. The number of hydrogen-bond donors (Lipinski definition) is 1. The predicted molar refractivity (Wildman–Crippen MR) is 151 cm³/mol. The number of esters is 1. The van der Waals surface area contributed by atoms with Crippen molar-refractivity contribution in [3.63, 3.8) is 0 Å². The lowest BCUT2D eigenvalue weighted by atomic mass is 9.98. The SMILES string of the molecule is CCCCc1nc(C2CC2)c(CC(=O)OC(C)C)c(=O)n1Cc1ccc(-c2ccccc2-c2noc(=O)[nH]2)cc1. The highest BCUT2D eigenvalue weighted by Crippen LogP contribution is 2.40. The second-order valence-corrected chi connectivity index (χ2v) is 10.6. The summed E-state index contributed by atoms with van der Waals surface area (Å²) in [5.74, 6) is 0.354. The second kappa shape index (κ2) is 11.9. The topological polar surface area (TPSA) is 120 Å². The molecule has 208 valence electrons. The summed E-state index contributed by atoms with van der Waals surface area (Å²) in [4.78, 5) is 45.6. The molecule has 1 saturated carbocycles. The maximum atomic E-state index is 13.9. The summed E-state index contributed by atoms with van der Waals surface area (Å²) >= 11 is 0. The Kier molecular flexibility index (Phi) is 8.09. The third-order valence-electron chi connectivity index (χ3n) is 7.01. The number of aromatic nitrogens is 4. The molecule has 0 saturated heterocycles. The third-order valence-corrected chi connectivity index (χ3v) is 7.01. The van der Waals surface area contributed by atoms with Crippen LogP contribution in [0.25, 0.3) is 22.5 Å². The Morgan fingerprint density at radius 1 is 1.10 bits per heavy atom. The van der Waals surface area contributed by atoms with Crippen molar-refractivity contribution in [2.45, 2.75) is 77.9 Å². The van der Waals surface area contributed by atoms with Crippen molar-refractivity contribution in [2.24, 2.45) is 0 Å². The Morgan fingerprint density at radius 2 is 1.82 bits per heavy atom. The molecule has 0 unspecified atom stereocenters. The summed E-state index contributed by atoms with van der Waals surface area (Å²) in [7, 11) is 0. The van der Waals surface area contributed by atoms with E-state index >= 15 is 0 Å². The maximum absolute atomic E-state index is 13.9. The van der Waals surface area contributed by atoms with E-state index in [0.29, 0.717) is 24.4 Å². The van der Waals surface area contributed by atoms with Crippen LogP contribution in [0.3, 0.4) is 0 Å². The molecule has 1 fully saturated rings. The molecule has 0 atom stereocenters. The summed E-state index contributed by atoms with van der Waals surface area (Å²) in [5, 5.41) is 3.84. The Hall–Kier alpha value is -4.27. The van der Waals surface area contributed by atoms with E-state index < -0.39 is 11.7 Å². The third kappa shape index (κ3) is 6.14. The summed E-state index contributed by atoms with van der Waals surface area (Å²) in [5.41, 5.74) is 4.58. The Morgan fingerprint density at radius 3 is 2.45 bits per heavy atom. The molecular weight excluding hydrogens is 508 g/mol. The number of unbranched alkanes of at least 4 members (excludes halogenated alkanes) is 1. The standard InChI is InChI=1S/C31H34N4O5/c1-4-5-10-26-32-28(22-15-16-22)25(17-27(36)39-19(2)3)30(37)35(26)18-20-11-13-21(14-12-20)23-8-6-7-9-24(23)29-33-31(38)40-34-29/h6-9,11-14,19,22H,4-5,10,15-18H2,1-3H3,(H,33,34,38). The van der Waals surface area contributed by atoms with Crippen LogP contribution < -0.4 is 11.3 Å². The smallest absolute Gasteiger partial charge is 0.439 e. The van der Waals surface area contributed by atoms with E-state index in [1.165, 1.54) is 0 Å². The van der Waals surface area contributed by atoms with Gasteiger partial charge in [-0.15, -0.1) is 0 Å². The van der Waals surface area contributed by atoms with Gasteiger partial charge in [0, 0.05) is 17.9 Å². The molecule has 2 aromatic heterocycles. The van der Waals surface area contributed by atoms with E-state index in [0.717, 1.165) is 59.5 Å². The number of carbonyl (C=O) groups is 1. The quantitative estimate of drug-likeness (QED) is 0.264. The number of nitrogens with one attached hydrogen (secondary N) is 1. The molecule has 2 aromatic carbocycles. The molecule has 1 aliphatic carbocycles. The van der Waals surface area contributed by atoms with E-state index in [9.17, 15) is 14.4 Å². The Bertz CT molecular complexity index is 1610. The van der Waals surface area contributed by atoms with Crippen LogP contribution in [-0.4, -0.2) is 31.8 Å². The molecule has 0 radical (unpaired) electrons. The molecule has 9 heteroatoms. The van der Waals surface area contributed by atoms with E-state index in [2.05, 4.69) is 17.1 Å². The summed E-state index contributed by atoms with van der Waals surface area (Å²) in [6.45, 7) is 6.07. The summed E-state index contributed by atoms with van der Waals surface area (Å²) in [6.07, 6.45) is 4.27. The molecule has 0 bridgehead atoms. The molecule has 1 N–H and O–H groups in total. The summed E-state index contributed by atoms with van der Waals surface area (Å²) in [6, 6.07) is 15.5. The zero-order chi connectivity index (χ0) is 28.2. The Labute approximate surface area is 232 Å². The van der Waals surface area contributed by atoms with Crippen molar-refractivity contribution < 1.29 is 14.1 Å². The molecule has 4 aromatic rings. The van der Waals surface area contributed by atoms with Crippen molar-refractivity contribution >= 4 is 5.97 Å². The number of carbonyl (C=O) groups excluding carboxylic acids is 1. The van der Waals surface area contributed by atoms with Gasteiger partial charge in [0.2, 0.25) is 0 Å². The van der Waals surface area contributed by atoms with Crippen molar-refractivity contribution in [1.29, 1.82) is 0 Å². The first-order chi connectivity index (χ1) is 19.3. The largest absolute Gasteiger partial charge is 0.463 e. The van der Waals surface area contributed by atoms with Gasteiger partial charge in [-0.05, 0) is 49.8 Å². The fraction of sp³-hybridized carbons (Fsp3) is 0.387. The Balaban J connectivity index is 1.48. The predicted octanol–water partition coefficient (Wildman–Crippen LogP) is 5.02. The average molecular weight is 543 g/mol. The van der Waals surface area contributed by atoms with Crippen molar-refractivity contribution in [3.8, 4) is 22.5 Å². The number of rotatable bonds is 11. The number of H-pyrrole nitrogens is 1. The van der Waals surface area contributed by atoms with Gasteiger partial charge in [-0.1, -0.05) is 67.0 Å². The van der Waals surface area contributed by atoms with Crippen LogP contribution in [0.5, 0.6) is 0 Å². The number of nitrogens with zero attached hydrogens (tertiary/aromatic N) is 3. The van der Waals surface area contributed by atoms with Crippen molar-refractivity contribution in [1.82, 2.24) is 19.7 Å². The zero-order valence-corrected chi connectivity index (χ0v) is 23.1. The first-order valence-electron chi connectivity index (χ1n) is 13.9. The molecule has 9 nitrogen and oxygen atoms in total. The lowest BCUT2D eigenvalue weighted by Crippen LogP contribution is -2.32. The highest BCUT2D eigenvalue weighted by Gasteiger charge is 2.31. The average Bonchev–Trinajstić information content (AvgIpc) is 3.69. The van der Waals surface area contributed by atoms with Crippen molar-refractivity contribution in [2.75, 3.05) is 0 Å². The van der Waals surface area contributed by atoms with Gasteiger partial charge >= 0.3 is 11.7 Å². The van der Waals surface area contributed by atoms with Crippen LogP contribution in [-0.2, 0) is 28.9 Å².